The molecule has 0 aromatic heterocycles. The SMILES string of the molecule is C=C(C)C(=O)OC(C)OC(=O)C(F)(F)S(=O)(=O)O. The Morgan fingerprint density at radius 1 is 1.33 bits per heavy atom. The molecule has 0 amide bonds. The first-order valence-electron chi connectivity index (χ1n) is 4.32. The summed E-state index contributed by atoms with van der Waals surface area (Å²) in [6.45, 7) is 5.33. The van der Waals surface area contributed by atoms with Crippen LogP contribution in [0.1, 0.15) is 13.8 Å². The van der Waals surface area contributed by atoms with Gasteiger partial charge < -0.3 is 9.47 Å². The second kappa shape index (κ2) is 5.40. The Morgan fingerprint density at radius 3 is 2.11 bits per heavy atom. The lowest BCUT2D eigenvalue weighted by atomic mass is 10.4. The van der Waals surface area contributed by atoms with Crippen LogP contribution in [0, 0.1) is 0 Å². The number of carbonyl (C=O) groups excluding carboxylic acids is 2. The van der Waals surface area contributed by atoms with Crippen molar-refractivity contribution in [2.24, 2.45) is 0 Å². The Hall–Kier alpha value is -1.55. The molecule has 0 aliphatic heterocycles. The van der Waals surface area contributed by atoms with Gasteiger partial charge in [0.05, 0.1) is 0 Å². The van der Waals surface area contributed by atoms with E-state index in [-0.39, 0.29) is 5.57 Å². The number of esters is 2. The van der Waals surface area contributed by atoms with Gasteiger partial charge in [0.1, 0.15) is 0 Å². The third-order valence-corrected chi connectivity index (χ3v) is 2.27. The summed E-state index contributed by atoms with van der Waals surface area (Å²) in [5, 5.41) is -5.14. The largest absolute Gasteiger partial charge is 0.465 e. The lowest BCUT2D eigenvalue weighted by Crippen LogP contribution is -2.41. The van der Waals surface area contributed by atoms with Crippen LogP contribution in [0.25, 0.3) is 0 Å². The van der Waals surface area contributed by atoms with Gasteiger partial charge in [0.2, 0.25) is 6.29 Å². The molecule has 0 radical (unpaired) electrons. The Labute approximate surface area is 101 Å². The second-order valence-corrected chi connectivity index (χ2v) is 4.61. The fraction of sp³-hybridized carbons (Fsp3) is 0.500. The number of halogens is 2. The van der Waals surface area contributed by atoms with Gasteiger partial charge in [-0.1, -0.05) is 6.58 Å². The smallest absolute Gasteiger partial charge is 0.422 e. The molecule has 1 unspecified atom stereocenters. The zero-order chi connectivity index (χ0) is 14.7. The van der Waals surface area contributed by atoms with E-state index < -0.39 is 33.6 Å². The second-order valence-electron chi connectivity index (χ2n) is 3.15. The van der Waals surface area contributed by atoms with Crippen LogP contribution in [0.5, 0.6) is 0 Å². The Kier molecular flexibility index (Phi) is 4.93. The molecule has 10 heteroatoms. The van der Waals surface area contributed by atoms with E-state index in [4.69, 9.17) is 4.55 Å². The van der Waals surface area contributed by atoms with E-state index in [1.807, 2.05) is 0 Å². The maximum absolute atomic E-state index is 12.7. The summed E-state index contributed by atoms with van der Waals surface area (Å²) < 4.78 is 62.0. The lowest BCUT2D eigenvalue weighted by Gasteiger charge is -2.17. The van der Waals surface area contributed by atoms with Gasteiger partial charge in [-0.25, -0.2) is 9.59 Å². The minimum atomic E-state index is -5.96. The lowest BCUT2D eigenvalue weighted by molar-refractivity contribution is -0.193. The molecule has 0 rings (SSSR count). The van der Waals surface area contributed by atoms with Crippen molar-refractivity contribution in [3.05, 3.63) is 12.2 Å². The summed E-state index contributed by atoms with van der Waals surface area (Å²) >= 11 is 0. The predicted molar refractivity (Wildman–Crippen MR) is 53.0 cm³/mol. The molecule has 18 heavy (non-hydrogen) atoms. The average molecular weight is 288 g/mol. The van der Waals surface area contributed by atoms with Gasteiger partial charge in [-0.2, -0.15) is 17.2 Å². The molecule has 1 N–H and O–H groups in total. The van der Waals surface area contributed by atoms with Crippen LogP contribution < -0.4 is 0 Å². The Balaban J connectivity index is 4.69. The van der Waals surface area contributed by atoms with E-state index >= 15 is 0 Å². The van der Waals surface area contributed by atoms with Gasteiger partial charge in [0.25, 0.3) is 0 Å². The van der Waals surface area contributed by atoms with Crippen LogP contribution in [-0.2, 0) is 29.2 Å². The molecule has 0 aromatic rings. The highest BCUT2D eigenvalue weighted by Gasteiger charge is 2.54. The fourth-order valence-corrected chi connectivity index (χ4v) is 0.859. The molecule has 0 aliphatic carbocycles. The molecule has 104 valence electrons. The molecular weight excluding hydrogens is 278 g/mol. The summed E-state index contributed by atoms with van der Waals surface area (Å²) in [5.41, 5.74) is -0.0839. The van der Waals surface area contributed by atoms with Crippen molar-refractivity contribution in [2.75, 3.05) is 0 Å². The predicted octanol–water partition coefficient (Wildman–Crippen LogP) is 0.476. The highest BCUT2D eigenvalue weighted by Crippen LogP contribution is 2.23. The Bertz CT molecular complexity index is 468. The number of rotatable bonds is 5. The van der Waals surface area contributed by atoms with Gasteiger partial charge in [0, 0.05) is 12.5 Å². The Morgan fingerprint density at radius 2 is 1.78 bits per heavy atom. The first-order valence-corrected chi connectivity index (χ1v) is 5.76. The zero-order valence-corrected chi connectivity index (χ0v) is 10.2. The van der Waals surface area contributed by atoms with Crippen LogP contribution in [0.15, 0.2) is 12.2 Å². The van der Waals surface area contributed by atoms with Gasteiger partial charge in [-0.3, -0.25) is 4.55 Å². The number of alkyl halides is 2. The maximum atomic E-state index is 12.7. The van der Waals surface area contributed by atoms with E-state index in [9.17, 15) is 26.8 Å². The minimum absolute atomic E-state index is 0.0839. The molecule has 0 saturated heterocycles. The van der Waals surface area contributed by atoms with E-state index in [0.717, 1.165) is 6.92 Å². The molecule has 1 atom stereocenters. The molecule has 0 aromatic carbocycles. The van der Waals surface area contributed by atoms with Crippen molar-refractivity contribution in [1.29, 1.82) is 0 Å². The molecule has 0 saturated carbocycles. The normalized spacial score (nSPS) is 13.6. The number of hydrogen-bond acceptors (Lipinski definition) is 6. The zero-order valence-electron chi connectivity index (χ0n) is 9.35. The average Bonchev–Trinajstić information content (AvgIpc) is 2.14. The summed E-state index contributed by atoms with van der Waals surface area (Å²) in [7, 11) is -5.96. The van der Waals surface area contributed by atoms with Crippen molar-refractivity contribution in [1.82, 2.24) is 0 Å². The van der Waals surface area contributed by atoms with Gasteiger partial charge >= 0.3 is 27.3 Å². The molecule has 0 bridgehead atoms. The van der Waals surface area contributed by atoms with Gasteiger partial charge in [0.15, 0.2) is 0 Å². The minimum Gasteiger partial charge on any atom is -0.422 e. The highest BCUT2D eigenvalue weighted by molar-refractivity contribution is 7.87. The number of hydrogen-bond donors (Lipinski definition) is 1. The molecule has 7 nitrogen and oxygen atoms in total. The summed E-state index contributed by atoms with van der Waals surface area (Å²) in [6, 6.07) is 0. The molecule has 0 heterocycles. The molecular formula is C8H10F2O7S. The van der Waals surface area contributed by atoms with Gasteiger partial charge in [-0.15, -0.1) is 0 Å². The van der Waals surface area contributed by atoms with Crippen molar-refractivity contribution >= 4 is 22.1 Å². The van der Waals surface area contributed by atoms with Crippen molar-refractivity contribution in [2.45, 2.75) is 25.4 Å². The van der Waals surface area contributed by atoms with Crippen LogP contribution in [-0.4, -0.2) is 36.5 Å². The van der Waals surface area contributed by atoms with Crippen LogP contribution in [0.4, 0.5) is 8.78 Å². The highest BCUT2D eigenvalue weighted by atomic mass is 32.2. The van der Waals surface area contributed by atoms with Crippen molar-refractivity contribution < 1.29 is 40.8 Å². The van der Waals surface area contributed by atoms with Crippen LogP contribution in [0.3, 0.4) is 0 Å². The van der Waals surface area contributed by atoms with Gasteiger partial charge in [-0.05, 0) is 6.92 Å². The van der Waals surface area contributed by atoms with Crippen molar-refractivity contribution in [3.8, 4) is 0 Å². The van der Waals surface area contributed by atoms with E-state index in [0.29, 0.717) is 0 Å². The fourth-order valence-electron chi connectivity index (χ4n) is 0.600. The van der Waals surface area contributed by atoms with E-state index in [1.165, 1.54) is 6.92 Å². The molecule has 0 fully saturated rings. The van der Waals surface area contributed by atoms with Crippen molar-refractivity contribution in [3.63, 3.8) is 0 Å². The third-order valence-electron chi connectivity index (χ3n) is 1.46. The summed E-state index contributed by atoms with van der Waals surface area (Å²) in [4.78, 5) is 21.7. The van der Waals surface area contributed by atoms with Crippen LogP contribution in [0.2, 0.25) is 0 Å². The third kappa shape index (κ3) is 4.04. The standard InChI is InChI=1S/C8H10F2O7S/c1-4(2)6(11)16-5(3)17-7(12)8(9,10)18(13,14)15/h5H,1H2,2-3H3,(H,13,14,15). The topological polar surface area (TPSA) is 107 Å². The quantitative estimate of drug-likeness (QED) is 0.339. The van der Waals surface area contributed by atoms with Crippen LogP contribution >= 0.6 is 0 Å². The molecule has 0 aliphatic rings. The summed E-state index contributed by atoms with van der Waals surface area (Å²) in [6.07, 6.45) is -1.77. The summed E-state index contributed by atoms with van der Waals surface area (Å²) in [5.74, 6) is -3.59. The first kappa shape index (κ1) is 16.4. The van der Waals surface area contributed by atoms with E-state index in [2.05, 4.69) is 16.1 Å². The maximum Gasteiger partial charge on any atom is 0.465 e. The van der Waals surface area contributed by atoms with E-state index in [1.54, 1.807) is 0 Å². The number of ether oxygens (including phenoxy) is 2. The first-order chi connectivity index (χ1) is 7.89. The molecule has 0 spiro atoms. The number of carbonyl (C=O) groups is 2. The monoisotopic (exact) mass is 288 g/mol.